The number of fused-ring (bicyclic) bond motifs is 1. The Balaban J connectivity index is 1.37. The molecule has 0 bridgehead atoms. The topological polar surface area (TPSA) is 64.7 Å². The molecule has 0 aliphatic carbocycles. The van der Waals surface area contributed by atoms with E-state index in [1.54, 1.807) is 18.7 Å². The molecule has 25 heavy (non-hydrogen) atoms. The molecule has 4 rings (SSSR count). The molecule has 0 aliphatic heterocycles. The molecule has 6 heteroatoms. The molecule has 6 nitrogen and oxygen atoms in total. The first-order valence-electron chi connectivity index (χ1n) is 8.08. The highest BCUT2D eigenvalue weighted by molar-refractivity contribution is 5.90. The number of benzene rings is 1. The van der Waals surface area contributed by atoms with Gasteiger partial charge >= 0.3 is 0 Å². The van der Waals surface area contributed by atoms with Crippen LogP contribution in [0.15, 0.2) is 73.6 Å². The maximum absolute atomic E-state index is 12.2. The predicted octanol–water partition coefficient (Wildman–Crippen LogP) is 3.25. The van der Waals surface area contributed by atoms with E-state index in [-0.39, 0.29) is 5.91 Å². The smallest absolute Gasteiger partial charge is 0.226 e. The van der Waals surface area contributed by atoms with Crippen LogP contribution in [0.5, 0.6) is 0 Å². The monoisotopic (exact) mass is 331 g/mol. The van der Waals surface area contributed by atoms with Gasteiger partial charge in [0.15, 0.2) is 0 Å². The van der Waals surface area contributed by atoms with Gasteiger partial charge in [-0.15, -0.1) is 0 Å². The van der Waals surface area contributed by atoms with E-state index >= 15 is 0 Å². The Hall–Kier alpha value is -3.41. The first-order chi connectivity index (χ1) is 12.3. The summed E-state index contributed by atoms with van der Waals surface area (Å²) >= 11 is 0. The van der Waals surface area contributed by atoms with E-state index in [1.165, 1.54) is 5.39 Å². The Labute approximate surface area is 144 Å². The quantitative estimate of drug-likeness (QED) is 0.610. The van der Waals surface area contributed by atoms with Gasteiger partial charge in [0, 0.05) is 37.1 Å². The summed E-state index contributed by atoms with van der Waals surface area (Å²) in [5.41, 5.74) is 1.83. The lowest BCUT2D eigenvalue weighted by Crippen LogP contribution is -2.14. The van der Waals surface area contributed by atoms with Crippen molar-refractivity contribution < 1.29 is 4.79 Å². The van der Waals surface area contributed by atoms with Crippen LogP contribution in [0.3, 0.4) is 0 Å². The minimum atomic E-state index is -0.0324. The number of carbonyl (C=O) groups is 1. The van der Waals surface area contributed by atoms with Crippen LogP contribution in [-0.2, 0) is 11.3 Å². The van der Waals surface area contributed by atoms with Crippen LogP contribution in [0.25, 0.3) is 16.7 Å². The van der Waals surface area contributed by atoms with Gasteiger partial charge in [-0.3, -0.25) is 9.36 Å². The number of rotatable bonds is 5. The Morgan fingerprint density at radius 3 is 2.80 bits per heavy atom. The van der Waals surface area contributed by atoms with Gasteiger partial charge in [0.2, 0.25) is 5.91 Å². The molecule has 0 saturated heterocycles. The standard InChI is InChI=1S/C19H17N5O/c25-19(8-11-23-10-7-15-3-1-2-4-17(15)23)22-16-5-6-18(21-13-16)24-12-9-20-14-24/h1-7,9-10,12-14H,8,11H2,(H,22,25). The molecule has 0 radical (unpaired) electrons. The summed E-state index contributed by atoms with van der Waals surface area (Å²) in [5.74, 6) is 0.726. The zero-order chi connectivity index (χ0) is 17.1. The van der Waals surface area contributed by atoms with Crippen molar-refractivity contribution in [2.24, 2.45) is 0 Å². The van der Waals surface area contributed by atoms with Gasteiger partial charge in [-0.05, 0) is 29.7 Å². The Morgan fingerprint density at radius 1 is 1.08 bits per heavy atom. The normalized spacial score (nSPS) is 10.9. The van der Waals surface area contributed by atoms with E-state index in [2.05, 4.69) is 38.1 Å². The highest BCUT2D eigenvalue weighted by Crippen LogP contribution is 2.16. The molecule has 0 fully saturated rings. The van der Waals surface area contributed by atoms with Crippen molar-refractivity contribution in [1.82, 2.24) is 19.1 Å². The molecule has 0 atom stereocenters. The first kappa shape index (κ1) is 15.1. The number of aryl methyl sites for hydroxylation is 1. The molecule has 0 spiro atoms. The fourth-order valence-corrected chi connectivity index (χ4v) is 2.79. The highest BCUT2D eigenvalue weighted by Gasteiger charge is 2.06. The van der Waals surface area contributed by atoms with Crippen LogP contribution in [0.2, 0.25) is 0 Å². The molecule has 0 aliphatic rings. The molecule has 1 amide bonds. The number of hydrogen-bond acceptors (Lipinski definition) is 3. The number of aromatic nitrogens is 4. The van der Waals surface area contributed by atoms with Gasteiger partial charge < -0.3 is 9.88 Å². The van der Waals surface area contributed by atoms with E-state index in [0.29, 0.717) is 18.7 Å². The Bertz CT molecular complexity index is 986. The van der Waals surface area contributed by atoms with Crippen LogP contribution < -0.4 is 5.32 Å². The lowest BCUT2D eigenvalue weighted by molar-refractivity contribution is -0.116. The molecule has 0 saturated carbocycles. The minimum Gasteiger partial charge on any atom is -0.347 e. The van der Waals surface area contributed by atoms with E-state index in [9.17, 15) is 4.79 Å². The fourth-order valence-electron chi connectivity index (χ4n) is 2.79. The van der Waals surface area contributed by atoms with Crippen LogP contribution >= 0.6 is 0 Å². The van der Waals surface area contributed by atoms with Gasteiger partial charge in [0.05, 0.1) is 11.9 Å². The third-order valence-corrected chi connectivity index (χ3v) is 4.06. The largest absolute Gasteiger partial charge is 0.347 e. The average Bonchev–Trinajstić information content (AvgIpc) is 3.31. The zero-order valence-corrected chi connectivity index (χ0v) is 13.5. The summed E-state index contributed by atoms with van der Waals surface area (Å²) in [5, 5.41) is 4.07. The number of imidazole rings is 1. The summed E-state index contributed by atoms with van der Waals surface area (Å²) in [6, 6.07) is 13.9. The van der Waals surface area contributed by atoms with Crippen molar-refractivity contribution in [1.29, 1.82) is 0 Å². The van der Waals surface area contributed by atoms with Gasteiger partial charge in [0.25, 0.3) is 0 Å². The molecular weight excluding hydrogens is 314 g/mol. The summed E-state index contributed by atoms with van der Waals surface area (Å²) in [6.07, 6.45) is 9.27. The maximum Gasteiger partial charge on any atom is 0.226 e. The van der Waals surface area contributed by atoms with E-state index in [1.807, 2.05) is 41.2 Å². The van der Waals surface area contributed by atoms with Crippen molar-refractivity contribution in [2.75, 3.05) is 5.32 Å². The van der Waals surface area contributed by atoms with Gasteiger partial charge in [-0.1, -0.05) is 18.2 Å². The van der Waals surface area contributed by atoms with Gasteiger partial charge in [-0.2, -0.15) is 0 Å². The predicted molar refractivity (Wildman–Crippen MR) is 96.5 cm³/mol. The van der Waals surface area contributed by atoms with Crippen LogP contribution in [-0.4, -0.2) is 25.0 Å². The number of pyridine rings is 1. The molecular formula is C19H17N5O. The summed E-state index contributed by atoms with van der Waals surface area (Å²) in [4.78, 5) is 20.5. The number of carbonyl (C=O) groups excluding carboxylic acids is 1. The second kappa shape index (κ2) is 6.60. The SMILES string of the molecule is O=C(CCn1ccc2ccccc21)Nc1ccc(-n2ccnc2)nc1. The average molecular weight is 331 g/mol. The fraction of sp³-hybridized carbons (Fsp3) is 0.105. The van der Waals surface area contributed by atoms with Crippen LogP contribution in [0.4, 0.5) is 5.69 Å². The van der Waals surface area contributed by atoms with Crippen LogP contribution in [0, 0.1) is 0 Å². The number of para-hydroxylation sites is 1. The van der Waals surface area contributed by atoms with E-state index in [0.717, 1.165) is 11.3 Å². The van der Waals surface area contributed by atoms with E-state index in [4.69, 9.17) is 0 Å². The van der Waals surface area contributed by atoms with Crippen molar-refractivity contribution in [3.63, 3.8) is 0 Å². The van der Waals surface area contributed by atoms with Crippen molar-refractivity contribution >= 4 is 22.5 Å². The summed E-state index contributed by atoms with van der Waals surface area (Å²) in [6.45, 7) is 0.639. The molecule has 1 aromatic carbocycles. The number of hydrogen-bond donors (Lipinski definition) is 1. The minimum absolute atomic E-state index is 0.0324. The number of anilines is 1. The summed E-state index contributed by atoms with van der Waals surface area (Å²) < 4.78 is 3.90. The highest BCUT2D eigenvalue weighted by atomic mass is 16.1. The summed E-state index contributed by atoms with van der Waals surface area (Å²) in [7, 11) is 0. The van der Waals surface area contributed by atoms with Crippen LogP contribution in [0.1, 0.15) is 6.42 Å². The van der Waals surface area contributed by atoms with Crippen molar-refractivity contribution in [2.45, 2.75) is 13.0 Å². The Morgan fingerprint density at radius 2 is 2.00 bits per heavy atom. The second-order valence-corrected chi connectivity index (χ2v) is 5.74. The molecule has 1 N–H and O–H groups in total. The number of amides is 1. The first-order valence-corrected chi connectivity index (χ1v) is 8.08. The molecule has 0 unspecified atom stereocenters. The lowest BCUT2D eigenvalue weighted by Gasteiger charge is -2.08. The van der Waals surface area contributed by atoms with E-state index < -0.39 is 0 Å². The van der Waals surface area contributed by atoms with Crippen molar-refractivity contribution in [3.8, 4) is 5.82 Å². The molecule has 4 aromatic rings. The third kappa shape index (κ3) is 3.28. The molecule has 124 valence electrons. The Kier molecular flexibility index (Phi) is 4.00. The number of nitrogens with one attached hydrogen (secondary N) is 1. The van der Waals surface area contributed by atoms with Gasteiger partial charge in [-0.25, -0.2) is 9.97 Å². The zero-order valence-electron chi connectivity index (χ0n) is 13.5. The lowest BCUT2D eigenvalue weighted by atomic mass is 10.2. The molecule has 3 aromatic heterocycles. The van der Waals surface area contributed by atoms with Gasteiger partial charge in [0.1, 0.15) is 12.1 Å². The molecule has 3 heterocycles. The number of nitrogens with zero attached hydrogens (tertiary/aromatic N) is 4. The van der Waals surface area contributed by atoms with Crippen molar-refractivity contribution in [3.05, 3.63) is 73.6 Å². The maximum atomic E-state index is 12.2. The third-order valence-electron chi connectivity index (χ3n) is 4.06. The second-order valence-electron chi connectivity index (χ2n) is 5.74.